The summed E-state index contributed by atoms with van der Waals surface area (Å²) in [5.74, 6) is -1.47. The van der Waals surface area contributed by atoms with Crippen molar-refractivity contribution in [3.8, 4) is 0 Å². The molecule has 1 N–H and O–H groups in total. The summed E-state index contributed by atoms with van der Waals surface area (Å²) in [7, 11) is 0. The number of nitrogens with one attached hydrogen (secondary N) is 1. The summed E-state index contributed by atoms with van der Waals surface area (Å²) in [6.07, 6.45) is 1.36. The second-order valence-electron chi connectivity index (χ2n) is 7.44. The number of pyridine rings is 1. The van der Waals surface area contributed by atoms with Crippen molar-refractivity contribution in [2.75, 3.05) is 11.9 Å². The second kappa shape index (κ2) is 7.35. The molecule has 8 nitrogen and oxygen atoms in total. The molecule has 32 heavy (non-hydrogen) atoms. The average Bonchev–Trinajstić information content (AvgIpc) is 3.07. The Labute approximate surface area is 180 Å². The first-order valence-electron chi connectivity index (χ1n) is 9.89. The molecule has 0 atom stereocenters. The van der Waals surface area contributed by atoms with Gasteiger partial charge in [0, 0.05) is 23.7 Å². The van der Waals surface area contributed by atoms with Gasteiger partial charge in [-0.15, -0.1) is 0 Å². The molecule has 3 aromatic carbocycles. The Hall–Kier alpha value is -4.46. The first-order chi connectivity index (χ1) is 15.5. The van der Waals surface area contributed by atoms with Crippen LogP contribution in [0.3, 0.4) is 0 Å². The lowest BCUT2D eigenvalue weighted by molar-refractivity contribution is 0.0655. The standard InChI is InChI=1S/C24H15N3O5/c28-20-17(9-10-27-23(31)15-6-2-3-7-16(15)24(27)32)19(21(20)29)26-22(30)14-11-13-5-1-4-8-18(13)25-12-14/h1-8,11-12H,9-10H2,(H,26,30). The third kappa shape index (κ3) is 3.01. The Bertz CT molecular complexity index is 1480. The van der Waals surface area contributed by atoms with Crippen molar-refractivity contribution in [3.05, 3.63) is 103 Å². The summed E-state index contributed by atoms with van der Waals surface area (Å²) in [5.41, 5.74) is 0.0268. The Balaban J connectivity index is 1.33. The van der Waals surface area contributed by atoms with Crippen molar-refractivity contribution in [2.45, 2.75) is 6.42 Å². The SMILES string of the molecule is O=C(Nc1c(CCN2C(=O)c3ccccc3C2=O)c(=O)c1=O)c1cnc2ccccc2c1. The van der Waals surface area contributed by atoms with E-state index in [1.165, 1.54) is 6.20 Å². The summed E-state index contributed by atoms with van der Waals surface area (Å²) in [4.78, 5) is 67.0. The quantitative estimate of drug-likeness (QED) is 0.386. The third-order valence-corrected chi connectivity index (χ3v) is 5.56. The van der Waals surface area contributed by atoms with E-state index in [2.05, 4.69) is 10.3 Å². The van der Waals surface area contributed by atoms with E-state index in [-0.39, 0.29) is 29.8 Å². The van der Waals surface area contributed by atoms with E-state index < -0.39 is 28.6 Å². The fourth-order valence-corrected chi connectivity index (χ4v) is 3.86. The maximum absolute atomic E-state index is 12.6. The van der Waals surface area contributed by atoms with E-state index in [0.717, 1.165) is 15.8 Å². The summed E-state index contributed by atoms with van der Waals surface area (Å²) in [6.45, 7) is -0.0718. The van der Waals surface area contributed by atoms with Gasteiger partial charge in [0.05, 0.1) is 22.2 Å². The van der Waals surface area contributed by atoms with Gasteiger partial charge in [-0.3, -0.25) is 33.9 Å². The van der Waals surface area contributed by atoms with E-state index in [4.69, 9.17) is 0 Å². The van der Waals surface area contributed by atoms with Crippen LogP contribution in [0.1, 0.15) is 36.6 Å². The highest BCUT2D eigenvalue weighted by Gasteiger charge is 2.35. The van der Waals surface area contributed by atoms with Crippen molar-refractivity contribution in [2.24, 2.45) is 0 Å². The lowest BCUT2D eigenvalue weighted by atomic mass is 10.0. The molecule has 4 aromatic rings. The minimum absolute atomic E-state index is 0.0262. The van der Waals surface area contributed by atoms with Crippen LogP contribution in [-0.4, -0.2) is 34.2 Å². The van der Waals surface area contributed by atoms with Crippen LogP contribution in [0, 0.1) is 0 Å². The molecule has 0 radical (unpaired) electrons. The molecular formula is C24H15N3O5. The molecular weight excluding hydrogens is 410 g/mol. The number of hydrogen-bond acceptors (Lipinski definition) is 6. The zero-order chi connectivity index (χ0) is 22.4. The van der Waals surface area contributed by atoms with Gasteiger partial charge in [-0.25, -0.2) is 0 Å². The number of aromatic nitrogens is 1. The van der Waals surface area contributed by atoms with Crippen molar-refractivity contribution in [3.63, 3.8) is 0 Å². The summed E-state index contributed by atoms with van der Waals surface area (Å²) in [6, 6.07) is 15.4. The van der Waals surface area contributed by atoms with Crippen LogP contribution < -0.4 is 16.2 Å². The van der Waals surface area contributed by atoms with E-state index >= 15 is 0 Å². The number of anilines is 1. The molecule has 0 fully saturated rings. The van der Waals surface area contributed by atoms with Gasteiger partial charge in [-0.05, 0) is 30.7 Å². The number of benzene rings is 2. The van der Waals surface area contributed by atoms with Gasteiger partial charge in [0.2, 0.25) is 10.9 Å². The number of carbonyl (C=O) groups is 3. The van der Waals surface area contributed by atoms with Gasteiger partial charge >= 0.3 is 0 Å². The Morgan fingerprint density at radius 1 is 0.875 bits per heavy atom. The molecule has 0 aliphatic carbocycles. The van der Waals surface area contributed by atoms with Gasteiger partial charge < -0.3 is 5.32 Å². The molecule has 1 aliphatic rings. The molecule has 8 heteroatoms. The number of rotatable bonds is 5. The summed E-state index contributed by atoms with van der Waals surface area (Å²) >= 11 is 0. The molecule has 2 heterocycles. The molecule has 0 bridgehead atoms. The second-order valence-corrected chi connectivity index (χ2v) is 7.44. The highest BCUT2D eigenvalue weighted by molar-refractivity contribution is 6.21. The van der Waals surface area contributed by atoms with Gasteiger partial charge in [-0.1, -0.05) is 30.3 Å². The topological polar surface area (TPSA) is 114 Å². The van der Waals surface area contributed by atoms with E-state index in [9.17, 15) is 24.0 Å². The van der Waals surface area contributed by atoms with Crippen LogP contribution in [0.15, 0.2) is 70.4 Å². The van der Waals surface area contributed by atoms with Crippen LogP contribution in [-0.2, 0) is 6.42 Å². The fraction of sp³-hybridized carbons (Fsp3) is 0.0833. The molecule has 0 saturated heterocycles. The Morgan fingerprint density at radius 3 is 2.25 bits per heavy atom. The number of para-hydroxylation sites is 1. The van der Waals surface area contributed by atoms with E-state index in [0.29, 0.717) is 11.1 Å². The summed E-state index contributed by atoms with van der Waals surface area (Å²) < 4.78 is 0. The lowest BCUT2D eigenvalue weighted by Gasteiger charge is -2.16. The van der Waals surface area contributed by atoms with Gasteiger partial charge in [-0.2, -0.15) is 0 Å². The largest absolute Gasteiger partial charge is 0.318 e. The molecule has 0 spiro atoms. The zero-order valence-electron chi connectivity index (χ0n) is 16.6. The highest BCUT2D eigenvalue weighted by Crippen LogP contribution is 2.23. The van der Waals surface area contributed by atoms with Gasteiger partial charge in [0.1, 0.15) is 5.69 Å². The molecule has 1 aliphatic heterocycles. The van der Waals surface area contributed by atoms with Crippen molar-refractivity contribution >= 4 is 34.3 Å². The maximum Gasteiger partial charge on any atom is 0.261 e. The normalized spacial score (nSPS) is 13.1. The average molecular weight is 425 g/mol. The first-order valence-corrected chi connectivity index (χ1v) is 9.89. The van der Waals surface area contributed by atoms with Gasteiger partial charge in [0.25, 0.3) is 17.7 Å². The van der Waals surface area contributed by atoms with Crippen LogP contribution in [0.25, 0.3) is 10.9 Å². The first kappa shape index (κ1) is 19.5. The molecule has 1 aromatic heterocycles. The minimum Gasteiger partial charge on any atom is -0.318 e. The predicted molar refractivity (Wildman–Crippen MR) is 117 cm³/mol. The fourth-order valence-electron chi connectivity index (χ4n) is 3.86. The van der Waals surface area contributed by atoms with Gasteiger partial charge in [0.15, 0.2) is 0 Å². The van der Waals surface area contributed by atoms with Crippen LogP contribution in [0.4, 0.5) is 5.69 Å². The number of nitrogens with zero attached hydrogens (tertiary/aromatic N) is 2. The number of hydrogen-bond donors (Lipinski definition) is 1. The molecule has 0 unspecified atom stereocenters. The highest BCUT2D eigenvalue weighted by atomic mass is 16.2. The maximum atomic E-state index is 12.6. The monoisotopic (exact) mass is 425 g/mol. The van der Waals surface area contributed by atoms with Crippen molar-refractivity contribution in [1.29, 1.82) is 0 Å². The van der Waals surface area contributed by atoms with Crippen molar-refractivity contribution in [1.82, 2.24) is 9.88 Å². The predicted octanol–water partition coefficient (Wildman–Crippen LogP) is 1.92. The molecule has 5 rings (SSSR count). The van der Waals surface area contributed by atoms with Crippen LogP contribution >= 0.6 is 0 Å². The molecule has 0 saturated carbocycles. The number of amides is 3. The smallest absolute Gasteiger partial charge is 0.261 e. The molecule has 156 valence electrons. The Morgan fingerprint density at radius 2 is 1.53 bits per heavy atom. The minimum atomic E-state index is -0.801. The van der Waals surface area contributed by atoms with Crippen LogP contribution in [0.5, 0.6) is 0 Å². The number of imide groups is 1. The number of carbonyl (C=O) groups excluding carboxylic acids is 3. The zero-order valence-corrected chi connectivity index (χ0v) is 16.6. The number of fused-ring (bicyclic) bond motifs is 2. The van der Waals surface area contributed by atoms with Crippen molar-refractivity contribution < 1.29 is 14.4 Å². The van der Waals surface area contributed by atoms with E-state index in [1.807, 2.05) is 24.3 Å². The lowest BCUT2D eigenvalue weighted by Crippen LogP contribution is -2.42. The molecule has 3 amide bonds. The summed E-state index contributed by atoms with van der Waals surface area (Å²) in [5, 5.41) is 3.24. The van der Waals surface area contributed by atoms with E-state index in [1.54, 1.807) is 30.3 Å². The van der Waals surface area contributed by atoms with Crippen LogP contribution in [0.2, 0.25) is 0 Å². The third-order valence-electron chi connectivity index (χ3n) is 5.56. The Kier molecular flexibility index (Phi) is 4.48.